The number of para-hydroxylation sites is 1. The van der Waals surface area contributed by atoms with Gasteiger partial charge in [-0.15, -0.1) is 0 Å². The molecule has 0 heterocycles. The van der Waals surface area contributed by atoms with Gasteiger partial charge in [-0.2, -0.15) is 5.10 Å². The van der Waals surface area contributed by atoms with Crippen molar-refractivity contribution < 1.29 is 19.0 Å². The summed E-state index contributed by atoms with van der Waals surface area (Å²) in [6.45, 7) is 0. The Bertz CT molecular complexity index is 630. The quantitative estimate of drug-likeness (QED) is 0.453. The van der Waals surface area contributed by atoms with Crippen LogP contribution in [0.25, 0.3) is 0 Å². The van der Waals surface area contributed by atoms with Crippen LogP contribution in [0.15, 0.2) is 41.5 Å². The van der Waals surface area contributed by atoms with Gasteiger partial charge in [-0.25, -0.2) is 8.78 Å². The normalized spacial score (nSPS) is 10.8. The lowest BCUT2D eigenvalue weighted by Crippen LogP contribution is -1.94. The van der Waals surface area contributed by atoms with Crippen molar-refractivity contribution >= 4 is 11.9 Å². The highest BCUT2D eigenvalue weighted by Crippen LogP contribution is 2.26. The first kappa shape index (κ1) is 12.8. The van der Waals surface area contributed by atoms with E-state index in [4.69, 9.17) is 0 Å². The van der Waals surface area contributed by atoms with Crippen molar-refractivity contribution in [2.45, 2.75) is 0 Å². The molecule has 2 aromatic rings. The van der Waals surface area contributed by atoms with E-state index in [1.807, 2.05) is 0 Å². The highest BCUT2D eigenvalue weighted by molar-refractivity contribution is 5.85. The number of aromatic hydroxyl groups is 2. The molecule has 0 aliphatic carbocycles. The molecule has 0 saturated carbocycles. The van der Waals surface area contributed by atoms with Gasteiger partial charge in [0.05, 0.1) is 11.9 Å². The Morgan fingerprint density at radius 1 is 1.11 bits per heavy atom. The lowest BCUT2D eigenvalue weighted by Gasteiger charge is -2.03. The molecule has 4 nitrogen and oxygen atoms in total. The van der Waals surface area contributed by atoms with E-state index in [9.17, 15) is 19.0 Å². The maximum Gasteiger partial charge on any atom is 0.166 e. The van der Waals surface area contributed by atoms with Crippen LogP contribution in [0, 0.1) is 11.6 Å². The maximum atomic E-state index is 13.3. The Labute approximate surface area is 107 Å². The molecule has 3 N–H and O–H groups in total. The first-order valence-corrected chi connectivity index (χ1v) is 5.33. The van der Waals surface area contributed by atoms with Crippen LogP contribution in [0.4, 0.5) is 14.5 Å². The van der Waals surface area contributed by atoms with E-state index >= 15 is 0 Å². The average Bonchev–Trinajstić information content (AvgIpc) is 2.37. The monoisotopic (exact) mass is 264 g/mol. The largest absolute Gasteiger partial charge is 0.504 e. The number of hydrogen-bond acceptors (Lipinski definition) is 4. The predicted molar refractivity (Wildman–Crippen MR) is 67.3 cm³/mol. The molecule has 0 amide bonds. The zero-order chi connectivity index (χ0) is 13.8. The van der Waals surface area contributed by atoms with Gasteiger partial charge in [-0.3, -0.25) is 5.43 Å². The molecule has 0 unspecified atom stereocenters. The molecule has 98 valence electrons. The third kappa shape index (κ3) is 2.98. The summed E-state index contributed by atoms with van der Waals surface area (Å²) in [5, 5.41) is 22.4. The van der Waals surface area contributed by atoms with Crippen LogP contribution in [-0.4, -0.2) is 16.4 Å². The minimum atomic E-state index is -0.780. The number of phenols is 2. The topological polar surface area (TPSA) is 64.9 Å². The first-order valence-electron chi connectivity index (χ1n) is 5.33. The SMILES string of the molecule is Oc1cccc(C=NNc2ccc(F)cc2F)c1O. The molecule has 19 heavy (non-hydrogen) atoms. The lowest BCUT2D eigenvalue weighted by molar-refractivity contribution is 0.403. The van der Waals surface area contributed by atoms with Crippen molar-refractivity contribution in [1.29, 1.82) is 0 Å². The summed E-state index contributed by atoms with van der Waals surface area (Å²) in [6, 6.07) is 7.37. The van der Waals surface area contributed by atoms with Crippen LogP contribution in [-0.2, 0) is 0 Å². The van der Waals surface area contributed by atoms with Gasteiger partial charge in [0.2, 0.25) is 0 Å². The highest BCUT2D eigenvalue weighted by Gasteiger charge is 2.04. The van der Waals surface area contributed by atoms with E-state index < -0.39 is 11.6 Å². The van der Waals surface area contributed by atoms with Gasteiger partial charge >= 0.3 is 0 Å². The van der Waals surface area contributed by atoms with E-state index in [2.05, 4.69) is 10.5 Å². The molecular formula is C13H10F2N2O2. The van der Waals surface area contributed by atoms with Crippen molar-refractivity contribution in [2.75, 3.05) is 5.43 Å². The molecular weight excluding hydrogens is 254 g/mol. The van der Waals surface area contributed by atoms with Gasteiger partial charge in [0.1, 0.15) is 5.82 Å². The van der Waals surface area contributed by atoms with Crippen molar-refractivity contribution in [3.63, 3.8) is 0 Å². The van der Waals surface area contributed by atoms with Gasteiger partial charge in [0.25, 0.3) is 0 Å². The van der Waals surface area contributed by atoms with Gasteiger partial charge < -0.3 is 10.2 Å². The van der Waals surface area contributed by atoms with Gasteiger partial charge in [-0.05, 0) is 24.3 Å². The zero-order valence-corrected chi connectivity index (χ0v) is 9.64. The van der Waals surface area contributed by atoms with E-state index in [1.54, 1.807) is 0 Å². The third-order valence-electron chi connectivity index (χ3n) is 2.37. The summed E-state index contributed by atoms with van der Waals surface area (Å²) < 4.78 is 25.9. The summed E-state index contributed by atoms with van der Waals surface area (Å²) >= 11 is 0. The molecule has 0 aromatic heterocycles. The fraction of sp³-hybridized carbons (Fsp3) is 0. The minimum Gasteiger partial charge on any atom is -0.504 e. The third-order valence-corrected chi connectivity index (χ3v) is 2.37. The Hall–Kier alpha value is -2.63. The Balaban J connectivity index is 2.14. The molecule has 2 aromatic carbocycles. The lowest BCUT2D eigenvalue weighted by atomic mass is 10.2. The van der Waals surface area contributed by atoms with Crippen LogP contribution in [0.2, 0.25) is 0 Å². The minimum absolute atomic E-state index is 0.00251. The van der Waals surface area contributed by atoms with E-state index in [-0.39, 0.29) is 22.7 Å². The van der Waals surface area contributed by atoms with Crippen LogP contribution in [0.5, 0.6) is 11.5 Å². The number of phenolic OH excluding ortho intramolecular Hbond substituents is 2. The Morgan fingerprint density at radius 3 is 2.63 bits per heavy atom. The number of nitrogens with zero attached hydrogens (tertiary/aromatic N) is 1. The van der Waals surface area contributed by atoms with E-state index in [0.717, 1.165) is 12.1 Å². The van der Waals surface area contributed by atoms with Gasteiger partial charge in [-0.1, -0.05) is 6.07 Å². The molecule has 6 heteroatoms. The summed E-state index contributed by atoms with van der Waals surface area (Å²) in [4.78, 5) is 0. The maximum absolute atomic E-state index is 13.3. The molecule has 0 aliphatic heterocycles. The highest BCUT2D eigenvalue weighted by atomic mass is 19.1. The van der Waals surface area contributed by atoms with E-state index in [1.165, 1.54) is 30.5 Å². The molecule has 0 bridgehead atoms. The molecule has 0 aliphatic rings. The van der Waals surface area contributed by atoms with Crippen molar-refractivity contribution in [1.82, 2.24) is 0 Å². The summed E-state index contributed by atoms with van der Waals surface area (Å²) in [5.74, 6) is -2.07. The first-order chi connectivity index (χ1) is 9.08. The summed E-state index contributed by atoms with van der Waals surface area (Å²) in [6.07, 6.45) is 1.21. The molecule has 0 spiro atoms. The van der Waals surface area contributed by atoms with Crippen molar-refractivity contribution in [2.24, 2.45) is 5.10 Å². The molecule has 2 rings (SSSR count). The standard InChI is InChI=1S/C13H10F2N2O2/c14-9-4-5-11(10(15)6-9)17-16-7-8-2-1-3-12(18)13(8)19/h1-7,17-19H. The number of hydrazone groups is 1. The molecule has 0 fully saturated rings. The molecule has 0 radical (unpaired) electrons. The Morgan fingerprint density at radius 2 is 1.89 bits per heavy atom. The summed E-state index contributed by atoms with van der Waals surface area (Å²) in [5.41, 5.74) is 2.63. The number of hydrogen-bond donors (Lipinski definition) is 3. The number of benzene rings is 2. The van der Waals surface area contributed by atoms with Gasteiger partial charge in [0, 0.05) is 11.6 Å². The second-order valence-electron chi connectivity index (χ2n) is 3.71. The number of halogens is 2. The van der Waals surface area contributed by atoms with E-state index in [0.29, 0.717) is 0 Å². The second kappa shape index (κ2) is 5.34. The fourth-order valence-corrected chi connectivity index (χ4v) is 1.40. The smallest absolute Gasteiger partial charge is 0.166 e. The fourth-order valence-electron chi connectivity index (χ4n) is 1.40. The number of rotatable bonds is 3. The predicted octanol–water partition coefficient (Wildman–Crippen LogP) is 2.82. The zero-order valence-electron chi connectivity index (χ0n) is 9.64. The van der Waals surface area contributed by atoms with Crippen molar-refractivity contribution in [3.05, 3.63) is 53.6 Å². The van der Waals surface area contributed by atoms with Crippen LogP contribution < -0.4 is 5.43 Å². The van der Waals surface area contributed by atoms with Crippen molar-refractivity contribution in [3.8, 4) is 11.5 Å². The second-order valence-corrected chi connectivity index (χ2v) is 3.71. The molecule has 0 atom stereocenters. The van der Waals surface area contributed by atoms with Crippen LogP contribution >= 0.6 is 0 Å². The van der Waals surface area contributed by atoms with Crippen LogP contribution in [0.1, 0.15) is 5.56 Å². The Kier molecular flexibility index (Phi) is 3.61. The van der Waals surface area contributed by atoms with Crippen LogP contribution in [0.3, 0.4) is 0 Å². The average molecular weight is 264 g/mol. The number of anilines is 1. The number of nitrogens with one attached hydrogen (secondary N) is 1. The summed E-state index contributed by atoms with van der Waals surface area (Å²) in [7, 11) is 0. The molecule has 0 saturated heterocycles. The van der Waals surface area contributed by atoms with Gasteiger partial charge in [0.15, 0.2) is 17.3 Å².